The summed E-state index contributed by atoms with van der Waals surface area (Å²) in [6, 6.07) is 0.262. The van der Waals surface area contributed by atoms with Crippen molar-refractivity contribution in [2.75, 3.05) is 30.9 Å². The molecule has 7 nitrogen and oxygen atoms in total. The standard InChI is InChI=1S/C9H15N5O2/c1-16-9-12-7(10)11-8(13-9)14-4-2-3-6(14)5-15/h6,15H,2-5H2,1H3,(H2,10,11,12,13). The third kappa shape index (κ3) is 1.99. The van der Waals surface area contributed by atoms with E-state index in [0.717, 1.165) is 19.4 Å². The van der Waals surface area contributed by atoms with Crippen LogP contribution in [0.2, 0.25) is 0 Å². The highest BCUT2D eigenvalue weighted by Crippen LogP contribution is 2.23. The predicted molar refractivity (Wildman–Crippen MR) is 58.2 cm³/mol. The zero-order valence-electron chi connectivity index (χ0n) is 9.13. The van der Waals surface area contributed by atoms with Crippen molar-refractivity contribution in [3.05, 3.63) is 0 Å². The number of ether oxygens (including phenoxy) is 1. The molecule has 0 saturated carbocycles. The largest absolute Gasteiger partial charge is 0.467 e. The Morgan fingerprint density at radius 3 is 3.00 bits per heavy atom. The van der Waals surface area contributed by atoms with Crippen molar-refractivity contribution in [3.63, 3.8) is 0 Å². The molecule has 0 radical (unpaired) electrons. The molecule has 1 aromatic heterocycles. The van der Waals surface area contributed by atoms with Crippen LogP contribution in [0.25, 0.3) is 0 Å². The topological polar surface area (TPSA) is 97.4 Å². The zero-order chi connectivity index (χ0) is 11.5. The van der Waals surface area contributed by atoms with Gasteiger partial charge in [-0.15, -0.1) is 0 Å². The fourth-order valence-corrected chi connectivity index (χ4v) is 1.87. The van der Waals surface area contributed by atoms with Crippen LogP contribution < -0.4 is 15.4 Å². The molecule has 7 heteroatoms. The predicted octanol–water partition coefficient (Wildman–Crippen LogP) is -0.577. The van der Waals surface area contributed by atoms with E-state index in [1.54, 1.807) is 0 Å². The average molecular weight is 225 g/mol. The number of aliphatic hydroxyl groups is 1. The molecule has 1 atom stereocenters. The van der Waals surface area contributed by atoms with Crippen molar-refractivity contribution in [2.24, 2.45) is 0 Å². The molecule has 0 spiro atoms. The Labute approximate surface area is 93.3 Å². The molecular formula is C9H15N5O2. The minimum Gasteiger partial charge on any atom is -0.467 e. The number of nitrogens with zero attached hydrogens (tertiary/aromatic N) is 4. The van der Waals surface area contributed by atoms with Crippen LogP contribution in [0.1, 0.15) is 12.8 Å². The van der Waals surface area contributed by atoms with E-state index < -0.39 is 0 Å². The maximum Gasteiger partial charge on any atom is 0.322 e. The van der Waals surface area contributed by atoms with E-state index >= 15 is 0 Å². The molecule has 1 fully saturated rings. The number of hydrogen-bond acceptors (Lipinski definition) is 7. The molecule has 1 aliphatic rings. The Balaban J connectivity index is 2.28. The lowest BCUT2D eigenvalue weighted by Crippen LogP contribution is -2.33. The van der Waals surface area contributed by atoms with E-state index in [1.807, 2.05) is 4.90 Å². The van der Waals surface area contributed by atoms with Crippen LogP contribution in [0.15, 0.2) is 0 Å². The van der Waals surface area contributed by atoms with Gasteiger partial charge in [-0.3, -0.25) is 0 Å². The Morgan fingerprint density at radius 1 is 1.50 bits per heavy atom. The maximum atomic E-state index is 9.22. The molecule has 1 saturated heterocycles. The summed E-state index contributed by atoms with van der Waals surface area (Å²) in [5.74, 6) is 0.603. The number of aliphatic hydroxyl groups excluding tert-OH is 1. The van der Waals surface area contributed by atoms with Crippen molar-refractivity contribution in [3.8, 4) is 6.01 Å². The van der Waals surface area contributed by atoms with Crippen LogP contribution in [-0.4, -0.2) is 46.4 Å². The van der Waals surface area contributed by atoms with E-state index in [9.17, 15) is 5.11 Å². The van der Waals surface area contributed by atoms with Gasteiger partial charge in [0.1, 0.15) is 0 Å². The summed E-state index contributed by atoms with van der Waals surface area (Å²) in [5, 5.41) is 9.22. The molecule has 1 unspecified atom stereocenters. The Hall–Kier alpha value is -1.63. The van der Waals surface area contributed by atoms with E-state index in [4.69, 9.17) is 10.5 Å². The molecule has 88 valence electrons. The van der Waals surface area contributed by atoms with Crippen LogP contribution in [0, 0.1) is 0 Å². The first-order valence-electron chi connectivity index (χ1n) is 5.17. The first-order chi connectivity index (χ1) is 7.74. The summed E-state index contributed by atoms with van der Waals surface area (Å²) in [6.45, 7) is 0.908. The zero-order valence-corrected chi connectivity index (χ0v) is 9.13. The lowest BCUT2D eigenvalue weighted by molar-refractivity contribution is 0.265. The molecule has 0 aliphatic carbocycles. The maximum absolute atomic E-state index is 9.22. The van der Waals surface area contributed by atoms with Gasteiger partial charge in [0.2, 0.25) is 11.9 Å². The smallest absolute Gasteiger partial charge is 0.322 e. The molecule has 16 heavy (non-hydrogen) atoms. The van der Waals surface area contributed by atoms with Gasteiger partial charge in [-0.05, 0) is 12.8 Å². The van der Waals surface area contributed by atoms with Gasteiger partial charge < -0.3 is 20.5 Å². The second-order valence-electron chi connectivity index (χ2n) is 3.65. The second kappa shape index (κ2) is 4.48. The molecule has 1 aromatic rings. The highest BCUT2D eigenvalue weighted by atomic mass is 16.5. The SMILES string of the molecule is COc1nc(N)nc(N2CCCC2CO)n1. The first kappa shape index (κ1) is 10.9. The third-order valence-corrected chi connectivity index (χ3v) is 2.65. The van der Waals surface area contributed by atoms with Crippen molar-refractivity contribution in [2.45, 2.75) is 18.9 Å². The van der Waals surface area contributed by atoms with Gasteiger partial charge in [-0.25, -0.2) is 0 Å². The van der Waals surface area contributed by atoms with E-state index in [2.05, 4.69) is 15.0 Å². The van der Waals surface area contributed by atoms with Crippen molar-refractivity contribution in [1.82, 2.24) is 15.0 Å². The lowest BCUT2D eigenvalue weighted by atomic mass is 10.2. The number of anilines is 2. The minimum absolute atomic E-state index is 0.0616. The summed E-state index contributed by atoms with van der Waals surface area (Å²) in [6.07, 6.45) is 1.95. The highest BCUT2D eigenvalue weighted by Gasteiger charge is 2.26. The van der Waals surface area contributed by atoms with Gasteiger partial charge in [0.25, 0.3) is 0 Å². The molecule has 0 aromatic carbocycles. The normalized spacial score (nSPS) is 20.1. The van der Waals surface area contributed by atoms with Crippen molar-refractivity contribution >= 4 is 11.9 Å². The summed E-state index contributed by atoms with van der Waals surface area (Å²) < 4.78 is 4.93. The summed E-state index contributed by atoms with van der Waals surface area (Å²) in [4.78, 5) is 13.9. The van der Waals surface area contributed by atoms with Gasteiger partial charge in [0.15, 0.2) is 0 Å². The number of methoxy groups -OCH3 is 1. The van der Waals surface area contributed by atoms with Crippen molar-refractivity contribution in [1.29, 1.82) is 0 Å². The number of aromatic nitrogens is 3. The number of rotatable bonds is 3. The lowest BCUT2D eigenvalue weighted by Gasteiger charge is -2.22. The average Bonchev–Trinajstić information content (AvgIpc) is 2.76. The molecule has 0 amide bonds. The van der Waals surface area contributed by atoms with E-state index in [0.29, 0.717) is 5.95 Å². The van der Waals surface area contributed by atoms with Crippen LogP contribution in [-0.2, 0) is 0 Å². The fourth-order valence-electron chi connectivity index (χ4n) is 1.87. The molecule has 0 bridgehead atoms. The van der Waals surface area contributed by atoms with Crippen LogP contribution >= 0.6 is 0 Å². The summed E-state index contributed by atoms with van der Waals surface area (Å²) in [7, 11) is 1.48. The third-order valence-electron chi connectivity index (χ3n) is 2.65. The molecule has 3 N–H and O–H groups in total. The summed E-state index contributed by atoms with van der Waals surface area (Å²) in [5.41, 5.74) is 5.56. The van der Waals surface area contributed by atoms with Gasteiger partial charge in [-0.1, -0.05) is 0 Å². The van der Waals surface area contributed by atoms with Gasteiger partial charge in [-0.2, -0.15) is 15.0 Å². The Kier molecular flexibility index (Phi) is 3.04. The van der Waals surface area contributed by atoms with Gasteiger partial charge in [0.05, 0.1) is 19.8 Å². The van der Waals surface area contributed by atoms with Crippen LogP contribution in [0.5, 0.6) is 6.01 Å². The first-order valence-corrected chi connectivity index (χ1v) is 5.17. The number of hydrogen-bond donors (Lipinski definition) is 2. The molecular weight excluding hydrogens is 210 g/mol. The van der Waals surface area contributed by atoms with E-state index in [-0.39, 0.29) is 24.6 Å². The molecule has 2 heterocycles. The number of nitrogen functional groups attached to an aromatic ring is 1. The van der Waals surface area contributed by atoms with Gasteiger partial charge >= 0.3 is 6.01 Å². The Morgan fingerprint density at radius 2 is 2.31 bits per heavy atom. The minimum atomic E-state index is 0.0616. The van der Waals surface area contributed by atoms with Crippen LogP contribution in [0.4, 0.5) is 11.9 Å². The van der Waals surface area contributed by atoms with Crippen LogP contribution in [0.3, 0.4) is 0 Å². The monoisotopic (exact) mass is 225 g/mol. The number of nitrogens with two attached hydrogens (primary N) is 1. The molecule has 2 rings (SSSR count). The highest BCUT2D eigenvalue weighted by molar-refractivity contribution is 5.38. The fraction of sp³-hybridized carbons (Fsp3) is 0.667. The van der Waals surface area contributed by atoms with Crippen molar-refractivity contribution < 1.29 is 9.84 Å². The summed E-state index contributed by atoms with van der Waals surface area (Å²) >= 11 is 0. The molecule has 1 aliphatic heterocycles. The van der Waals surface area contributed by atoms with Gasteiger partial charge in [0, 0.05) is 6.54 Å². The second-order valence-corrected chi connectivity index (χ2v) is 3.65. The quantitative estimate of drug-likeness (QED) is 0.710. The van der Waals surface area contributed by atoms with E-state index in [1.165, 1.54) is 7.11 Å². The Bertz CT molecular complexity index is 373.